The molecule has 0 aliphatic rings. The average Bonchev–Trinajstić information content (AvgIpc) is 3.09. The Morgan fingerprint density at radius 1 is 1.14 bits per heavy atom. The van der Waals surface area contributed by atoms with Crippen LogP contribution in [0.1, 0.15) is 32.9 Å². The van der Waals surface area contributed by atoms with Gasteiger partial charge >= 0.3 is 6.18 Å². The molecule has 0 fully saturated rings. The van der Waals surface area contributed by atoms with Crippen LogP contribution in [0.25, 0.3) is 0 Å². The van der Waals surface area contributed by atoms with Crippen molar-refractivity contribution >= 4 is 17.7 Å². The summed E-state index contributed by atoms with van der Waals surface area (Å²) in [6.07, 6.45) is -4.38. The van der Waals surface area contributed by atoms with Gasteiger partial charge in [-0.3, -0.25) is 4.79 Å². The molecule has 4 nitrogen and oxygen atoms in total. The number of benzene rings is 2. The minimum Gasteiger partial charge on any atom is -0.360 e. The number of carbonyl (C=O) groups excluding carboxylic acids is 1. The van der Waals surface area contributed by atoms with Crippen molar-refractivity contribution in [3.63, 3.8) is 0 Å². The summed E-state index contributed by atoms with van der Waals surface area (Å²) in [6.45, 7) is 1.97. The van der Waals surface area contributed by atoms with Gasteiger partial charge in [-0.1, -0.05) is 29.4 Å². The molecule has 2 aromatic carbocycles. The molecule has 1 heterocycles. The van der Waals surface area contributed by atoms with Crippen LogP contribution in [0.5, 0.6) is 0 Å². The molecule has 1 N–H and O–H groups in total. The quantitative estimate of drug-likeness (QED) is 0.570. The zero-order chi connectivity index (χ0) is 20.1. The van der Waals surface area contributed by atoms with Crippen molar-refractivity contribution < 1.29 is 22.5 Å². The number of thioether (sulfide) groups is 1. The summed E-state index contributed by atoms with van der Waals surface area (Å²) in [4.78, 5) is 13.3. The van der Waals surface area contributed by atoms with Crippen molar-refractivity contribution in [1.29, 1.82) is 0 Å². The second-order valence-corrected chi connectivity index (χ2v) is 7.11. The van der Waals surface area contributed by atoms with Gasteiger partial charge in [0.05, 0.1) is 22.6 Å². The maximum atomic E-state index is 12.6. The van der Waals surface area contributed by atoms with Crippen LogP contribution in [0, 0.1) is 6.92 Å². The molecule has 0 atom stereocenters. The minimum atomic E-state index is -4.38. The first-order valence-corrected chi connectivity index (χ1v) is 9.40. The predicted molar refractivity (Wildman–Crippen MR) is 99.9 cm³/mol. The summed E-state index contributed by atoms with van der Waals surface area (Å²) in [5, 5.41) is 6.58. The van der Waals surface area contributed by atoms with Gasteiger partial charge in [0.1, 0.15) is 5.76 Å². The van der Waals surface area contributed by atoms with Crippen LogP contribution in [-0.2, 0) is 18.5 Å². The molecule has 0 unspecified atom stereocenters. The number of aromatic nitrogens is 1. The SMILES string of the molecule is Cc1cc(CSc2ccccc2C(=O)NCc2ccc(C(F)(F)F)cc2)on1. The Morgan fingerprint density at radius 3 is 2.50 bits per heavy atom. The molecule has 146 valence electrons. The van der Waals surface area contributed by atoms with Crippen molar-refractivity contribution in [3.05, 3.63) is 82.7 Å². The minimum absolute atomic E-state index is 0.136. The van der Waals surface area contributed by atoms with E-state index >= 15 is 0 Å². The van der Waals surface area contributed by atoms with Crippen LogP contribution in [0.3, 0.4) is 0 Å². The monoisotopic (exact) mass is 406 g/mol. The zero-order valence-corrected chi connectivity index (χ0v) is 15.7. The molecule has 0 aliphatic carbocycles. The van der Waals surface area contributed by atoms with E-state index in [4.69, 9.17) is 4.52 Å². The zero-order valence-electron chi connectivity index (χ0n) is 14.9. The lowest BCUT2D eigenvalue weighted by Gasteiger charge is -2.10. The molecule has 0 spiro atoms. The Balaban J connectivity index is 1.62. The van der Waals surface area contributed by atoms with Crippen LogP contribution in [0.4, 0.5) is 13.2 Å². The second kappa shape index (κ2) is 8.52. The number of amides is 1. The van der Waals surface area contributed by atoms with E-state index in [0.717, 1.165) is 22.7 Å². The van der Waals surface area contributed by atoms with Gasteiger partial charge in [0.2, 0.25) is 0 Å². The summed E-state index contributed by atoms with van der Waals surface area (Å²) in [5.41, 5.74) is 1.16. The van der Waals surface area contributed by atoms with E-state index < -0.39 is 11.7 Å². The van der Waals surface area contributed by atoms with E-state index in [9.17, 15) is 18.0 Å². The third-order valence-corrected chi connectivity index (χ3v) is 5.01. The number of hydrogen-bond donors (Lipinski definition) is 1. The van der Waals surface area contributed by atoms with Gasteiger partial charge in [0.15, 0.2) is 0 Å². The number of carbonyl (C=O) groups is 1. The Labute approximate surface area is 164 Å². The van der Waals surface area contributed by atoms with E-state index in [2.05, 4.69) is 10.5 Å². The first kappa shape index (κ1) is 20.0. The standard InChI is InChI=1S/C20H17F3N2O2S/c1-13-10-16(27-25-13)12-28-18-5-3-2-4-17(18)19(26)24-11-14-6-8-15(9-7-14)20(21,22)23/h2-10H,11-12H2,1H3,(H,24,26). The molecule has 0 bridgehead atoms. The summed E-state index contributed by atoms with van der Waals surface area (Å²) >= 11 is 1.45. The molecule has 0 radical (unpaired) electrons. The molecule has 1 aromatic heterocycles. The molecule has 8 heteroatoms. The highest BCUT2D eigenvalue weighted by atomic mass is 32.2. The van der Waals surface area contributed by atoms with Crippen molar-refractivity contribution in [3.8, 4) is 0 Å². The lowest BCUT2D eigenvalue weighted by molar-refractivity contribution is -0.137. The summed E-state index contributed by atoms with van der Waals surface area (Å²) in [6, 6.07) is 13.7. The van der Waals surface area contributed by atoms with Gasteiger partial charge in [-0.2, -0.15) is 13.2 Å². The van der Waals surface area contributed by atoms with Crippen LogP contribution in [0.2, 0.25) is 0 Å². The lowest BCUT2D eigenvalue weighted by Crippen LogP contribution is -2.23. The third kappa shape index (κ3) is 5.16. The molecule has 1 amide bonds. The predicted octanol–water partition coefficient (Wildman–Crippen LogP) is 5.22. The van der Waals surface area contributed by atoms with Gasteiger partial charge in [0, 0.05) is 17.5 Å². The molecule has 3 rings (SSSR count). The fourth-order valence-electron chi connectivity index (χ4n) is 2.50. The van der Waals surface area contributed by atoms with Crippen molar-refractivity contribution in [2.45, 2.75) is 30.3 Å². The second-order valence-electron chi connectivity index (χ2n) is 6.10. The Bertz CT molecular complexity index is 953. The summed E-state index contributed by atoms with van der Waals surface area (Å²) in [5.74, 6) is 0.948. The smallest absolute Gasteiger partial charge is 0.360 e. The largest absolute Gasteiger partial charge is 0.416 e. The number of hydrogen-bond acceptors (Lipinski definition) is 4. The third-order valence-electron chi connectivity index (χ3n) is 3.91. The lowest BCUT2D eigenvalue weighted by atomic mass is 10.1. The Morgan fingerprint density at radius 2 is 1.86 bits per heavy atom. The van der Waals surface area contributed by atoms with E-state index in [1.165, 1.54) is 23.9 Å². The number of aryl methyl sites for hydroxylation is 1. The van der Waals surface area contributed by atoms with Crippen LogP contribution >= 0.6 is 11.8 Å². The fourth-order valence-corrected chi connectivity index (χ4v) is 3.43. The topological polar surface area (TPSA) is 55.1 Å². The van der Waals surface area contributed by atoms with Crippen LogP contribution in [0.15, 0.2) is 64.0 Å². The van der Waals surface area contributed by atoms with E-state index in [1.54, 1.807) is 12.1 Å². The Kier molecular flexibility index (Phi) is 6.08. The van der Waals surface area contributed by atoms with Gasteiger partial charge in [-0.05, 0) is 36.8 Å². The van der Waals surface area contributed by atoms with Gasteiger partial charge < -0.3 is 9.84 Å². The molecular formula is C20H17F3N2O2S. The number of nitrogens with zero attached hydrogens (tertiary/aromatic N) is 1. The molecular weight excluding hydrogens is 389 g/mol. The summed E-state index contributed by atoms with van der Waals surface area (Å²) in [7, 11) is 0. The summed E-state index contributed by atoms with van der Waals surface area (Å²) < 4.78 is 43.0. The highest BCUT2D eigenvalue weighted by molar-refractivity contribution is 7.98. The maximum absolute atomic E-state index is 12.6. The highest BCUT2D eigenvalue weighted by Crippen LogP contribution is 2.29. The van der Waals surface area contributed by atoms with Crippen molar-refractivity contribution in [2.24, 2.45) is 0 Å². The number of nitrogens with one attached hydrogen (secondary N) is 1. The number of rotatable bonds is 6. The van der Waals surface area contributed by atoms with Gasteiger partial charge in [-0.25, -0.2) is 0 Å². The molecule has 3 aromatic rings. The Hall–Kier alpha value is -2.74. The molecule has 28 heavy (non-hydrogen) atoms. The van der Waals surface area contributed by atoms with Crippen LogP contribution < -0.4 is 5.32 Å². The van der Waals surface area contributed by atoms with E-state index in [-0.39, 0.29) is 12.5 Å². The van der Waals surface area contributed by atoms with Crippen molar-refractivity contribution in [1.82, 2.24) is 10.5 Å². The normalized spacial score (nSPS) is 11.4. The van der Waals surface area contributed by atoms with E-state index in [1.807, 2.05) is 25.1 Å². The fraction of sp³-hybridized carbons (Fsp3) is 0.200. The average molecular weight is 406 g/mol. The van der Waals surface area contributed by atoms with Crippen molar-refractivity contribution in [2.75, 3.05) is 0 Å². The first-order valence-electron chi connectivity index (χ1n) is 8.41. The number of halogens is 3. The molecule has 0 aliphatic heterocycles. The van der Waals surface area contributed by atoms with Gasteiger partial charge in [-0.15, -0.1) is 11.8 Å². The highest BCUT2D eigenvalue weighted by Gasteiger charge is 2.29. The first-order chi connectivity index (χ1) is 13.3. The maximum Gasteiger partial charge on any atom is 0.416 e. The molecule has 0 saturated carbocycles. The number of alkyl halides is 3. The van der Waals surface area contributed by atoms with Crippen LogP contribution in [-0.4, -0.2) is 11.1 Å². The van der Waals surface area contributed by atoms with E-state index in [0.29, 0.717) is 22.6 Å². The molecule has 0 saturated heterocycles. The van der Waals surface area contributed by atoms with Gasteiger partial charge in [0.25, 0.3) is 5.91 Å².